The molecule has 108 valence electrons. The molecule has 0 aliphatic heterocycles. The number of amides is 1. The van der Waals surface area contributed by atoms with E-state index in [0.29, 0.717) is 6.61 Å². The van der Waals surface area contributed by atoms with Crippen LogP contribution in [-0.2, 0) is 4.79 Å². The number of ether oxygens (including phenoxy) is 1. The third-order valence-corrected chi connectivity index (χ3v) is 3.22. The molecule has 0 radical (unpaired) electrons. The molecule has 1 N–H and O–H groups in total. The van der Waals surface area contributed by atoms with Crippen LogP contribution < -0.4 is 10.1 Å². The van der Waals surface area contributed by atoms with E-state index in [2.05, 4.69) is 21.2 Å². The molecule has 2 aromatic rings. The first-order valence-electron chi connectivity index (χ1n) is 6.65. The third-order valence-electron chi connectivity index (χ3n) is 2.73. The van der Waals surface area contributed by atoms with Crippen molar-refractivity contribution < 1.29 is 9.53 Å². The van der Waals surface area contributed by atoms with Crippen LogP contribution >= 0.6 is 15.9 Å². The Bertz CT molecular complexity index is 638. The van der Waals surface area contributed by atoms with Crippen LogP contribution in [-0.4, -0.2) is 12.5 Å². The maximum atomic E-state index is 11.9. The van der Waals surface area contributed by atoms with E-state index in [-0.39, 0.29) is 5.91 Å². The van der Waals surface area contributed by atoms with Gasteiger partial charge in [0, 0.05) is 21.8 Å². The van der Waals surface area contributed by atoms with Gasteiger partial charge in [-0.25, -0.2) is 0 Å². The highest BCUT2D eigenvalue weighted by Gasteiger charge is 2.02. The van der Waals surface area contributed by atoms with E-state index < -0.39 is 0 Å². The molecule has 2 rings (SSSR count). The first-order chi connectivity index (χ1) is 10.2. The molecule has 0 spiro atoms. The minimum atomic E-state index is -0.177. The molecule has 2 aromatic carbocycles. The number of nitrogens with one attached hydrogen (secondary N) is 1. The molecule has 0 fully saturated rings. The van der Waals surface area contributed by atoms with Gasteiger partial charge in [-0.1, -0.05) is 34.1 Å². The van der Waals surface area contributed by atoms with Crippen LogP contribution in [0, 0.1) is 0 Å². The zero-order valence-corrected chi connectivity index (χ0v) is 13.3. The Morgan fingerprint density at radius 2 is 2.00 bits per heavy atom. The van der Waals surface area contributed by atoms with E-state index in [9.17, 15) is 4.79 Å². The van der Waals surface area contributed by atoms with Gasteiger partial charge in [0.2, 0.25) is 5.91 Å². The average molecular weight is 346 g/mol. The number of carbonyl (C=O) groups is 1. The van der Waals surface area contributed by atoms with Crippen LogP contribution in [0.4, 0.5) is 5.69 Å². The summed E-state index contributed by atoms with van der Waals surface area (Å²) >= 11 is 3.42. The number of para-hydroxylation sites is 1. The van der Waals surface area contributed by atoms with Crippen LogP contribution in [0.15, 0.2) is 59.1 Å². The Labute approximate surface area is 132 Å². The van der Waals surface area contributed by atoms with Crippen molar-refractivity contribution >= 4 is 33.6 Å². The Hall–Kier alpha value is -2.07. The molecule has 0 aliphatic carbocycles. The predicted octanol–water partition coefficient (Wildman–Crippen LogP) is 4.50. The lowest BCUT2D eigenvalue weighted by Crippen LogP contribution is -2.07. The zero-order chi connectivity index (χ0) is 15.1. The summed E-state index contributed by atoms with van der Waals surface area (Å²) in [7, 11) is 0. The number of hydrogen-bond acceptors (Lipinski definition) is 2. The van der Waals surface area contributed by atoms with Crippen LogP contribution in [0.25, 0.3) is 6.08 Å². The molecular formula is C17H16BrNO2. The molecule has 0 saturated heterocycles. The summed E-state index contributed by atoms with van der Waals surface area (Å²) in [6, 6.07) is 15.0. The predicted molar refractivity (Wildman–Crippen MR) is 89.4 cm³/mol. The Kier molecular flexibility index (Phi) is 5.58. The second kappa shape index (κ2) is 7.64. The second-order valence-corrected chi connectivity index (χ2v) is 5.22. The fraction of sp³-hybridized carbons (Fsp3) is 0.118. The summed E-state index contributed by atoms with van der Waals surface area (Å²) in [6.07, 6.45) is 3.24. The van der Waals surface area contributed by atoms with Gasteiger partial charge < -0.3 is 10.1 Å². The fourth-order valence-electron chi connectivity index (χ4n) is 1.81. The first-order valence-corrected chi connectivity index (χ1v) is 7.45. The second-order valence-electron chi connectivity index (χ2n) is 4.30. The quantitative estimate of drug-likeness (QED) is 0.810. The average Bonchev–Trinajstić information content (AvgIpc) is 2.49. The van der Waals surface area contributed by atoms with Gasteiger partial charge in [-0.2, -0.15) is 0 Å². The maximum absolute atomic E-state index is 11.9. The molecule has 4 heteroatoms. The summed E-state index contributed by atoms with van der Waals surface area (Å²) in [5.41, 5.74) is 1.63. The van der Waals surface area contributed by atoms with Crippen LogP contribution in [0.2, 0.25) is 0 Å². The molecular weight excluding hydrogens is 330 g/mol. The number of anilines is 1. The van der Waals surface area contributed by atoms with E-state index in [4.69, 9.17) is 4.74 Å². The normalized spacial score (nSPS) is 10.6. The summed E-state index contributed by atoms with van der Waals surface area (Å²) in [5, 5.41) is 2.80. The minimum Gasteiger partial charge on any atom is -0.493 e. The van der Waals surface area contributed by atoms with Gasteiger partial charge in [0.15, 0.2) is 0 Å². The molecule has 1 amide bonds. The van der Waals surface area contributed by atoms with Crippen molar-refractivity contribution in [3.05, 3.63) is 64.6 Å². The largest absolute Gasteiger partial charge is 0.493 e. The lowest BCUT2D eigenvalue weighted by Gasteiger charge is -2.07. The number of halogens is 1. The highest BCUT2D eigenvalue weighted by atomic mass is 79.9. The van der Waals surface area contributed by atoms with E-state index >= 15 is 0 Å². The van der Waals surface area contributed by atoms with E-state index in [1.54, 1.807) is 6.08 Å². The van der Waals surface area contributed by atoms with Crippen LogP contribution in [0.3, 0.4) is 0 Å². The molecule has 0 aromatic heterocycles. The van der Waals surface area contributed by atoms with E-state index in [1.165, 1.54) is 6.08 Å². The maximum Gasteiger partial charge on any atom is 0.248 e. The van der Waals surface area contributed by atoms with Crippen LogP contribution in [0.1, 0.15) is 12.5 Å². The highest BCUT2D eigenvalue weighted by Crippen LogP contribution is 2.24. The first kappa shape index (κ1) is 15.3. The Balaban J connectivity index is 2.09. The van der Waals surface area contributed by atoms with Gasteiger partial charge in [0.05, 0.1) is 6.61 Å². The van der Waals surface area contributed by atoms with Gasteiger partial charge in [-0.15, -0.1) is 0 Å². The van der Waals surface area contributed by atoms with E-state index in [1.807, 2.05) is 55.5 Å². The molecule has 21 heavy (non-hydrogen) atoms. The van der Waals surface area contributed by atoms with Crippen LogP contribution in [0.5, 0.6) is 5.75 Å². The van der Waals surface area contributed by atoms with Crippen molar-refractivity contribution in [2.75, 3.05) is 11.9 Å². The van der Waals surface area contributed by atoms with Gasteiger partial charge in [-0.3, -0.25) is 4.79 Å². The smallest absolute Gasteiger partial charge is 0.248 e. The lowest BCUT2D eigenvalue weighted by atomic mass is 10.2. The van der Waals surface area contributed by atoms with Gasteiger partial charge in [-0.05, 0) is 43.3 Å². The number of carbonyl (C=O) groups excluding carboxylic acids is 1. The van der Waals surface area contributed by atoms with Crippen molar-refractivity contribution in [1.82, 2.24) is 0 Å². The topological polar surface area (TPSA) is 38.3 Å². The summed E-state index contributed by atoms with van der Waals surface area (Å²) in [6.45, 7) is 2.51. The minimum absolute atomic E-state index is 0.177. The third kappa shape index (κ3) is 4.76. The Morgan fingerprint density at radius 1 is 1.24 bits per heavy atom. The summed E-state index contributed by atoms with van der Waals surface area (Å²) in [5.74, 6) is 0.577. The van der Waals surface area contributed by atoms with Gasteiger partial charge in [0.25, 0.3) is 0 Å². The fourth-order valence-corrected chi connectivity index (χ4v) is 2.19. The zero-order valence-electron chi connectivity index (χ0n) is 11.7. The van der Waals surface area contributed by atoms with Crippen molar-refractivity contribution in [2.24, 2.45) is 0 Å². The lowest BCUT2D eigenvalue weighted by molar-refractivity contribution is -0.111. The number of rotatable bonds is 5. The molecule has 0 saturated carbocycles. The van der Waals surface area contributed by atoms with Crippen molar-refractivity contribution in [2.45, 2.75) is 6.92 Å². The number of hydrogen-bond donors (Lipinski definition) is 1. The molecule has 0 heterocycles. The summed E-state index contributed by atoms with van der Waals surface area (Å²) < 4.78 is 6.48. The molecule has 0 atom stereocenters. The molecule has 3 nitrogen and oxygen atoms in total. The standard InChI is InChI=1S/C17H16BrNO2/c1-2-21-16-10-9-14(18)12-13(16)8-11-17(20)19-15-6-4-3-5-7-15/h3-12H,2H2,1H3,(H,19,20)/b11-8+. The van der Waals surface area contributed by atoms with Crippen molar-refractivity contribution in [3.63, 3.8) is 0 Å². The van der Waals surface area contributed by atoms with Crippen molar-refractivity contribution in [1.29, 1.82) is 0 Å². The van der Waals surface area contributed by atoms with Gasteiger partial charge in [0.1, 0.15) is 5.75 Å². The summed E-state index contributed by atoms with van der Waals surface area (Å²) in [4.78, 5) is 11.9. The monoisotopic (exact) mass is 345 g/mol. The SMILES string of the molecule is CCOc1ccc(Br)cc1/C=C/C(=O)Nc1ccccc1. The molecule has 0 aliphatic rings. The molecule has 0 bridgehead atoms. The highest BCUT2D eigenvalue weighted by molar-refractivity contribution is 9.10. The Morgan fingerprint density at radius 3 is 2.71 bits per heavy atom. The number of benzene rings is 2. The van der Waals surface area contributed by atoms with Crippen molar-refractivity contribution in [3.8, 4) is 5.75 Å². The molecule has 0 unspecified atom stereocenters. The van der Waals surface area contributed by atoms with E-state index in [0.717, 1.165) is 21.5 Å². The van der Waals surface area contributed by atoms with Gasteiger partial charge >= 0.3 is 0 Å².